The van der Waals surface area contributed by atoms with E-state index in [2.05, 4.69) is 27.3 Å². The van der Waals surface area contributed by atoms with Gasteiger partial charge in [-0.3, -0.25) is 4.72 Å². The van der Waals surface area contributed by atoms with E-state index in [0.717, 1.165) is 13.3 Å². The number of aryl methyl sites for hydroxylation is 2. The van der Waals surface area contributed by atoms with Crippen LogP contribution in [0.3, 0.4) is 0 Å². The second kappa shape index (κ2) is 5.18. The molecule has 18 heavy (non-hydrogen) atoms. The van der Waals surface area contributed by atoms with Gasteiger partial charge in [0.1, 0.15) is 4.90 Å². The first kappa shape index (κ1) is 13.8. The molecule has 0 aliphatic carbocycles. The van der Waals surface area contributed by atoms with Crippen LogP contribution < -0.4 is 4.72 Å². The molecule has 0 spiro atoms. The average molecular weight is 393 g/mol. The van der Waals surface area contributed by atoms with Gasteiger partial charge in [-0.05, 0) is 54.6 Å². The molecule has 1 N–H and O–H groups in total. The Bertz CT molecular complexity index is 677. The first-order valence-corrected chi connectivity index (χ1v) is 8.62. The third kappa shape index (κ3) is 2.86. The standard InChI is InChI=1S/C12H12INO2S2/c1-8-7-12(9(2)17-8)18(15,16)14-11-6-4-3-5-10(11)13/h3-7,14H,1-2H3. The van der Waals surface area contributed by atoms with E-state index in [-0.39, 0.29) is 0 Å². The SMILES string of the molecule is Cc1cc(S(=O)(=O)Nc2ccccc2I)c(C)s1. The highest BCUT2D eigenvalue weighted by atomic mass is 127. The Morgan fingerprint density at radius 1 is 1.22 bits per heavy atom. The van der Waals surface area contributed by atoms with E-state index in [0.29, 0.717) is 10.6 Å². The van der Waals surface area contributed by atoms with E-state index < -0.39 is 10.0 Å². The van der Waals surface area contributed by atoms with E-state index in [9.17, 15) is 8.42 Å². The third-order valence-corrected chi connectivity index (χ3v) is 5.93. The molecular weight excluding hydrogens is 381 g/mol. The first-order valence-electron chi connectivity index (χ1n) is 5.24. The fourth-order valence-electron chi connectivity index (χ4n) is 1.62. The van der Waals surface area contributed by atoms with Crippen molar-refractivity contribution in [3.05, 3.63) is 43.7 Å². The van der Waals surface area contributed by atoms with E-state index in [1.54, 1.807) is 12.1 Å². The monoisotopic (exact) mass is 393 g/mol. The Morgan fingerprint density at radius 2 is 1.89 bits per heavy atom. The first-order chi connectivity index (χ1) is 8.40. The summed E-state index contributed by atoms with van der Waals surface area (Å²) in [5.74, 6) is 0. The summed E-state index contributed by atoms with van der Waals surface area (Å²) in [5, 5.41) is 0. The van der Waals surface area contributed by atoms with Crippen LogP contribution in [-0.2, 0) is 10.0 Å². The lowest BCUT2D eigenvalue weighted by molar-refractivity contribution is 0.601. The molecule has 3 nitrogen and oxygen atoms in total. The summed E-state index contributed by atoms with van der Waals surface area (Å²) in [6.45, 7) is 3.73. The number of hydrogen-bond donors (Lipinski definition) is 1. The maximum atomic E-state index is 12.3. The summed E-state index contributed by atoms with van der Waals surface area (Å²) in [4.78, 5) is 2.17. The molecule has 0 aliphatic rings. The number of hydrogen-bond acceptors (Lipinski definition) is 3. The van der Waals surface area contributed by atoms with Gasteiger partial charge in [-0.25, -0.2) is 8.42 Å². The molecular formula is C12H12INO2S2. The molecule has 0 saturated carbocycles. The van der Waals surface area contributed by atoms with Crippen LogP contribution >= 0.6 is 33.9 Å². The third-order valence-electron chi connectivity index (χ3n) is 2.40. The second-order valence-corrected chi connectivity index (χ2v) is 8.14. The van der Waals surface area contributed by atoms with Crippen molar-refractivity contribution in [2.24, 2.45) is 0 Å². The van der Waals surface area contributed by atoms with Gasteiger partial charge in [-0.2, -0.15) is 0 Å². The summed E-state index contributed by atoms with van der Waals surface area (Å²) >= 11 is 3.60. The number of nitrogens with one attached hydrogen (secondary N) is 1. The minimum atomic E-state index is -3.49. The van der Waals surface area contributed by atoms with Crippen LogP contribution in [0.2, 0.25) is 0 Å². The summed E-state index contributed by atoms with van der Waals surface area (Å²) < 4.78 is 28.1. The lowest BCUT2D eigenvalue weighted by atomic mass is 10.3. The van der Waals surface area contributed by atoms with Crippen LogP contribution in [0.4, 0.5) is 5.69 Å². The van der Waals surface area contributed by atoms with Crippen LogP contribution in [-0.4, -0.2) is 8.42 Å². The van der Waals surface area contributed by atoms with Crippen LogP contribution in [0, 0.1) is 17.4 Å². The fourth-order valence-corrected chi connectivity index (χ4v) is 4.96. The van der Waals surface area contributed by atoms with Gasteiger partial charge in [0.05, 0.1) is 5.69 Å². The van der Waals surface area contributed by atoms with E-state index in [1.807, 2.05) is 32.0 Å². The van der Waals surface area contributed by atoms with Crippen molar-refractivity contribution in [2.45, 2.75) is 18.7 Å². The van der Waals surface area contributed by atoms with Crippen molar-refractivity contribution in [1.29, 1.82) is 0 Å². The molecule has 6 heteroatoms. The zero-order chi connectivity index (χ0) is 13.3. The van der Waals surface area contributed by atoms with Crippen LogP contribution in [0.1, 0.15) is 9.75 Å². The maximum absolute atomic E-state index is 12.3. The van der Waals surface area contributed by atoms with Gasteiger partial charge < -0.3 is 0 Å². The highest BCUT2D eigenvalue weighted by molar-refractivity contribution is 14.1. The molecule has 1 aromatic heterocycles. The van der Waals surface area contributed by atoms with Crippen molar-refractivity contribution >= 4 is 49.6 Å². The van der Waals surface area contributed by atoms with Gasteiger partial charge in [0, 0.05) is 13.3 Å². The molecule has 1 heterocycles. The van der Waals surface area contributed by atoms with E-state index in [4.69, 9.17) is 0 Å². The molecule has 1 aromatic carbocycles. The molecule has 96 valence electrons. The van der Waals surface area contributed by atoms with Crippen molar-refractivity contribution in [1.82, 2.24) is 0 Å². The van der Waals surface area contributed by atoms with Crippen molar-refractivity contribution in [3.8, 4) is 0 Å². The summed E-state index contributed by atoms with van der Waals surface area (Å²) in [7, 11) is -3.49. The quantitative estimate of drug-likeness (QED) is 0.808. The minimum absolute atomic E-state index is 0.365. The molecule has 2 aromatic rings. The number of rotatable bonds is 3. The Labute approximate surface area is 124 Å². The van der Waals surface area contributed by atoms with Gasteiger partial charge in [-0.1, -0.05) is 12.1 Å². The number of thiophene rings is 1. The zero-order valence-corrected chi connectivity index (χ0v) is 13.7. The highest BCUT2D eigenvalue weighted by Crippen LogP contribution is 2.28. The maximum Gasteiger partial charge on any atom is 0.263 e. The number of benzene rings is 1. The lowest BCUT2D eigenvalue weighted by Crippen LogP contribution is -2.13. The van der Waals surface area contributed by atoms with Gasteiger partial charge in [-0.15, -0.1) is 11.3 Å². The van der Waals surface area contributed by atoms with Crippen LogP contribution in [0.15, 0.2) is 35.2 Å². The lowest BCUT2D eigenvalue weighted by Gasteiger charge is -2.09. The summed E-state index contributed by atoms with van der Waals surface area (Å²) in [6, 6.07) is 9.02. The molecule has 0 atom stereocenters. The molecule has 0 unspecified atom stereocenters. The number of sulfonamides is 1. The molecule has 2 rings (SSSR count). The van der Waals surface area contributed by atoms with E-state index in [1.165, 1.54) is 11.3 Å². The minimum Gasteiger partial charge on any atom is -0.279 e. The van der Waals surface area contributed by atoms with Gasteiger partial charge in [0.15, 0.2) is 0 Å². The predicted molar refractivity (Wildman–Crippen MR) is 83.8 cm³/mol. The predicted octanol–water partition coefficient (Wildman–Crippen LogP) is 3.77. The number of para-hydroxylation sites is 1. The number of halogens is 1. The van der Waals surface area contributed by atoms with Crippen LogP contribution in [0.25, 0.3) is 0 Å². The fraction of sp³-hybridized carbons (Fsp3) is 0.167. The summed E-state index contributed by atoms with van der Waals surface area (Å²) in [5.41, 5.74) is 0.612. The van der Waals surface area contributed by atoms with Gasteiger partial charge in [0.25, 0.3) is 10.0 Å². The van der Waals surface area contributed by atoms with Gasteiger partial charge >= 0.3 is 0 Å². The van der Waals surface area contributed by atoms with Crippen LogP contribution in [0.5, 0.6) is 0 Å². The molecule has 0 bridgehead atoms. The number of anilines is 1. The smallest absolute Gasteiger partial charge is 0.263 e. The second-order valence-electron chi connectivity index (χ2n) is 3.86. The Kier molecular flexibility index (Phi) is 3.98. The highest BCUT2D eigenvalue weighted by Gasteiger charge is 2.19. The van der Waals surface area contributed by atoms with E-state index >= 15 is 0 Å². The largest absolute Gasteiger partial charge is 0.279 e. The summed E-state index contributed by atoms with van der Waals surface area (Å²) in [6.07, 6.45) is 0. The Morgan fingerprint density at radius 3 is 2.44 bits per heavy atom. The molecule has 0 aliphatic heterocycles. The van der Waals surface area contributed by atoms with Crippen molar-refractivity contribution < 1.29 is 8.42 Å². The average Bonchev–Trinajstić information content (AvgIpc) is 2.62. The Hall–Kier alpha value is -0.600. The molecule has 0 amide bonds. The topological polar surface area (TPSA) is 46.2 Å². The van der Waals surface area contributed by atoms with Gasteiger partial charge in [0.2, 0.25) is 0 Å². The molecule has 0 radical (unpaired) electrons. The van der Waals surface area contributed by atoms with Crippen molar-refractivity contribution in [3.63, 3.8) is 0 Å². The Balaban J connectivity index is 2.40. The van der Waals surface area contributed by atoms with Crippen molar-refractivity contribution in [2.75, 3.05) is 4.72 Å². The molecule has 0 saturated heterocycles. The molecule has 0 fully saturated rings. The zero-order valence-electron chi connectivity index (χ0n) is 9.90. The normalized spacial score (nSPS) is 11.5.